The number of anilines is 2. The molecule has 0 saturated heterocycles. The van der Waals surface area contributed by atoms with Gasteiger partial charge in [-0.25, -0.2) is 0 Å². The van der Waals surface area contributed by atoms with Gasteiger partial charge in [-0.1, -0.05) is 97.1 Å². The van der Waals surface area contributed by atoms with Crippen LogP contribution in [-0.2, 0) is 0 Å². The number of hydrogen-bond acceptors (Lipinski definition) is 4. The maximum Gasteiger partial charge on any atom is 0.101 e. The quantitative estimate of drug-likeness (QED) is 0.252. The van der Waals surface area contributed by atoms with Gasteiger partial charge >= 0.3 is 0 Å². The van der Waals surface area contributed by atoms with Crippen molar-refractivity contribution in [3.05, 3.63) is 130 Å². The smallest absolute Gasteiger partial charge is 0.101 e. The predicted molar refractivity (Wildman–Crippen MR) is 146 cm³/mol. The normalized spacial score (nSPS) is 17.0. The zero-order chi connectivity index (χ0) is 23.8. The third kappa shape index (κ3) is 3.67. The van der Waals surface area contributed by atoms with Crippen molar-refractivity contribution in [3.8, 4) is 0 Å². The molecule has 0 bridgehead atoms. The topological polar surface area (TPSA) is 76.8 Å². The second-order valence-electron chi connectivity index (χ2n) is 8.82. The maximum atomic E-state index is 6.54. The zero-order valence-electron chi connectivity index (χ0n) is 19.1. The Hall–Kier alpha value is -4.66. The SMILES string of the molecule is Nc1c(N=C=Nc2cccc(C3C=Cc4ccccc43)c2N)cccc1C1C=Cc2ccccc21. The minimum atomic E-state index is 0.118. The van der Waals surface area contributed by atoms with E-state index in [1.807, 2.05) is 24.3 Å². The van der Waals surface area contributed by atoms with E-state index in [1.165, 1.54) is 22.3 Å². The van der Waals surface area contributed by atoms with Crippen LogP contribution < -0.4 is 11.5 Å². The van der Waals surface area contributed by atoms with Crippen molar-refractivity contribution < 1.29 is 0 Å². The van der Waals surface area contributed by atoms with Crippen LogP contribution in [-0.4, -0.2) is 6.01 Å². The zero-order valence-corrected chi connectivity index (χ0v) is 19.1. The highest BCUT2D eigenvalue weighted by Gasteiger charge is 2.22. The molecule has 4 nitrogen and oxygen atoms in total. The first-order valence-electron chi connectivity index (χ1n) is 11.7. The molecular formula is C31H24N4. The van der Waals surface area contributed by atoms with Crippen LogP contribution in [0.25, 0.3) is 12.2 Å². The summed E-state index contributed by atoms with van der Waals surface area (Å²) < 4.78 is 0. The van der Waals surface area contributed by atoms with Gasteiger partial charge in [-0.3, -0.25) is 0 Å². The molecule has 0 spiro atoms. The summed E-state index contributed by atoms with van der Waals surface area (Å²) >= 11 is 0. The summed E-state index contributed by atoms with van der Waals surface area (Å²) in [7, 11) is 0. The first-order chi connectivity index (χ1) is 17.2. The van der Waals surface area contributed by atoms with E-state index in [0.29, 0.717) is 22.7 Å². The molecule has 2 aliphatic rings. The van der Waals surface area contributed by atoms with E-state index in [0.717, 1.165) is 11.1 Å². The Morgan fingerprint density at radius 1 is 0.514 bits per heavy atom. The summed E-state index contributed by atoms with van der Waals surface area (Å²) in [5, 5.41) is 0. The molecule has 6 rings (SSSR count). The Bertz CT molecular complexity index is 1460. The molecule has 0 fully saturated rings. The number of nitrogens with two attached hydrogens (primary N) is 2. The lowest BCUT2D eigenvalue weighted by Crippen LogP contribution is -2.01. The third-order valence-corrected chi connectivity index (χ3v) is 6.84. The van der Waals surface area contributed by atoms with Gasteiger partial charge in [0.25, 0.3) is 0 Å². The summed E-state index contributed by atoms with van der Waals surface area (Å²) in [5.74, 6) is 0.237. The molecule has 4 heteroatoms. The molecule has 0 radical (unpaired) electrons. The Kier molecular flexibility index (Phi) is 5.14. The molecule has 4 aromatic carbocycles. The van der Waals surface area contributed by atoms with E-state index in [1.54, 1.807) is 0 Å². The van der Waals surface area contributed by atoms with Crippen LogP contribution >= 0.6 is 0 Å². The number of aliphatic imine (C=N–C) groups is 2. The second-order valence-corrected chi connectivity index (χ2v) is 8.82. The highest BCUT2D eigenvalue weighted by Crippen LogP contribution is 2.41. The Balaban J connectivity index is 1.31. The summed E-state index contributed by atoms with van der Waals surface area (Å²) in [6.45, 7) is 0. The van der Waals surface area contributed by atoms with Crippen LogP contribution in [0.15, 0.2) is 107 Å². The molecule has 4 N–H and O–H groups in total. The molecule has 35 heavy (non-hydrogen) atoms. The van der Waals surface area contributed by atoms with Crippen LogP contribution in [0.1, 0.15) is 45.2 Å². The van der Waals surface area contributed by atoms with E-state index in [4.69, 9.17) is 11.5 Å². The summed E-state index contributed by atoms with van der Waals surface area (Å²) in [4.78, 5) is 8.92. The van der Waals surface area contributed by atoms with Crippen molar-refractivity contribution in [2.24, 2.45) is 9.98 Å². The molecule has 4 aromatic rings. The Morgan fingerprint density at radius 3 is 1.43 bits per heavy atom. The minimum Gasteiger partial charge on any atom is -0.397 e. The lowest BCUT2D eigenvalue weighted by Gasteiger charge is -2.15. The van der Waals surface area contributed by atoms with E-state index >= 15 is 0 Å². The molecule has 2 unspecified atom stereocenters. The van der Waals surface area contributed by atoms with Gasteiger partial charge in [0.05, 0.1) is 22.7 Å². The van der Waals surface area contributed by atoms with E-state index in [2.05, 4.69) is 101 Å². The van der Waals surface area contributed by atoms with Gasteiger partial charge in [-0.15, -0.1) is 0 Å². The van der Waals surface area contributed by atoms with Gasteiger partial charge in [0.15, 0.2) is 0 Å². The van der Waals surface area contributed by atoms with Gasteiger partial charge in [-0.05, 0) is 45.5 Å². The fourth-order valence-corrected chi connectivity index (χ4v) is 5.05. The van der Waals surface area contributed by atoms with Crippen molar-refractivity contribution in [3.63, 3.8) is 0 Å². The molecule has 2 aliphatic carbocycles. The maximum absolute atomic E-state index is 6.54. The van der Waals surface area contributed by atoms with Crippen molar-refractivity contribution >= 4 is 40.9 Å². The fourth-order valence-electron chi connectivity index (χ4n) is 5.05. The van der Waals surface area contributed by atoms with E-state index < -0.39 is 0 Å². The first-order valence-corrected chi connectivity index (χ1v) is 11.7. The predicted octanol–water partition coefficient (Wildman–Crippen LogP) is 7.31. The van der Waals surface area contributed by atoms with Crippen molar-refractivity contribution in [2.45, 2.75) is 11.8 Å². The molecule has 0 aromatic heterocycles. The van der Waals surface area contributed by atoms with Gasteiger partial charge < -0.3 is 11.5 Å². The summed E-state index contributed by atoms with van der Waals surface area (Å²) in [6.07, 6.45) is 8.65. The Morgan fingerprint density at radius 2 is 0.943 bits per heavy atom. The van der Waals surface area contributed by atoms with Crippen LogP contribution in [0.5, 0.6) is 0 Å². The third-order valence-electron chi connectivity index (χ3n) is 6.84. The molecule has 0 amide bonds. The number of benzene rings is 4. The van der Waals surface area contributed by atoms with Gasteiger partial charge in [0.1, 0.15) is 6.01 Å². The highest BCUT2D eigenvalue weighted by molar-refractivity contribution is 5.78. The molecule has 0 heterocycles. The molecular weight excluding hydrogens is 428 g/mol. The van der Waals surface area contributed by atoms with Crippen molar-refractivity contribution in [1.29, 1.82) is 0 Å². The van der Waals surface area contributed by atoms with Crippen molar-refractivity contribution in [1.82, 2.24) is 0 Å². The number of hydrogen-bond donors (Lipinski definition) is 2. The minimum absolute atomic E-state index is 0.118. The first kappa shape index (κ1) is 20.9. The van der Waals surface area contributed by atoms with E-state index in [-0.39, 0.29) is 11.8 Å². The average Bonchev–Trinajstić information content (AvgIpc) is 3.51. The van der Waals surface area contributed by atoms with Crippen LogP contribution in [0.2, 0.25) is 0 Å². The Labute approximate surface area is 204 Å². The number of rotatable bonds is 4. The summed E-state index contributed by atoms with van der Waals surface area (Å²) in [6, 6.07) is 31.4. The molecule has 2 atom stereocenters. The van der Waals surface area contributed by atoms with Gasteiger partial charge in [0, 0.05) is 11.8 Å². The number of allylic oxidation sites excluding steroid dienone is 2. The number of nitrogens with zero attached hydrogens (tertiary/aromatic N) is 2. The number of nitrogen functional groups attached to an aromatic ring is 2. The monoisotopic (exact) mass is 452 g/mol. The number of fused-ring (bicyclic) bond motifs is 2. The van der Waals surface area contributed by atoms with Gasteiger partial charge in [0.2, 0.25) is 0 Å². The lowest BCUT2D eigenvalue weighted by molar-refractivity contribution is 1.05. The van der Waals surface area contributed by atoms with Crippen molar-refractivity contribution in [2.75, 3.05) is 11.5 Å². The fraction of sp³-hybridized carbons (Fsp3) is 0.0645. The van der Waals surface area contributed by atoms with Crippen LogP contribution in [0, 0.1) is 0 Å². The highest BCUT2D eigenvalue weighted by atomic mass is 14.9. The number of para-hydroxylation sites is 2. The second kappa shape index (κ2) is 8.60. The standard InChI is InChI=1S/C31H24N4/c32-30-26(24-17-15-20-7-1-3-9-22(20)24)11-5-13-28(30)34-19-35-29-14-6-12-27(31(29)33)25-18-16-21-8-2-4-10-23(21)25/h1-18,24-25H,32-33H2. The van der Waals surface area contributed by atoms with Crippen LogP contribution in [0.3, 0.4) is 0 Å². The largest absolute Gasteiger partial charge is 0.397 e. The van der Waals surface area contributed by atoms with E-state index in [9.17, 15) is 0 Å². The summed E-state index contributed by atoms with van der Waals surface area (Å²) in [5.41, 5.74) is 22.7. The molecule has 0 aliphatic heterocycles. The molecule has 168 valence electrons. The lowest BCUT2D eigenvalue weighted by atomic mass is 9.91. The van der Waals surface area contributed by atoms with Gasteiger partial charge in [-0.2, -0.15) is 9.98 Å². The average molecular weight is 453 g/mol. The molecule has 0 saturated carbocycles. The van der Waals surface area contributed by atoms with Crippen LogP contribution in [0.4, 0.5) is 22.7 Å².